The molecule has 0 bridgehead atoms. The first-order chi connectivity index (χ1) is 9.38. The molecule has 20 heavy (non-hydrogen) atoms. The van der Waals surface area contributed by atoms with Crippen molar-refractivity contribution in [2.45, 2.75) is 45.3 Å². The van der Waals surface area contributed by atoms with Crippen LogP contribution in [-0.4, -0.2) is 35.3 Å². The van der Waals surface area contributed by atoms with E-state index in [1.54, 1.807) is 25.8 Å². The van der Waals surface area contributed by atoms with Crippen LogP contribution in [0.3, 0.4) is 0 Å². The van der Waals surface area contributed by atoms with Crippen molar-refractivity contribution < 1.29 is 14.6 Å². The number of amides is 1. The smallest absolute Gasteiger partial charge is 0.409 e. The van der Waals surface area contributed by atoms with E-state index in [2.05, 4.69) is 0 Å². The van der Waals surface area contributed by atoms with Crippen LogP contribution in [0.15, 0.2) is 30.3 Å². The Bertz CT molecular complexity index is 398. The highest BCUT2D eigenvalue weighted by molar-refractivity contribution is 5.67. The Morgan fingerprint density at radius 2 is 1.90 bits per heavy atom. The van der Waals surface area contributed by atoms with Crippen molar-refractivity contribution in [2.24, 2.45) is 0 Å². The van der Waals surface area contributed by atoms with E-state index in [-0.39, 0.29) is 6.09 Å². The van der Waals surface area contributed by atoms with Crippen molar-refractivity contribution in [1.29, 1.82) is 0 Å². The standard InChI is InChI=1S/C16H25NO3/c1-16(2,19)11-7-8-12-17(3)15(18)20-13-14-9-5-4-6-10-14/h4-6,9-10,19H,7-8,11-13H2,1-3H3. The van der Waals surface area contributed by atoms with E-state index < -0.39 is 5.60 Å². The lowest BCUT2D eigenvalue weighted by Crippen LogP contribution is -2.28. The molecule has 0 aliphatic rings. The second kappa shape index (κ2) is 7.90. The van der Waals surface area contributed by atoms with E-state index in [1.165, 1.54) is 0 Å². The summed E-state index contributed by atoms with van der Waals surface area (Å²) in [7, 11) is 1.73. The summed E-state index contributed by atoms with van der Waals surface area (Å²) in [5, 5.41) is 9.60. The SMILES string of the molecule is CN(CCCCC(C)(C)O)C(=O)OCc1ccccc1. The minimum absolute atomic E-state index is 0.299. The molecule has 0 aliphatic heterocycles. The van der Waals surface area contributed by atoms with Gasteiger partial charge in [-0.05, 0) is 38.7 Å². The lowest BCUT2D eigenvalue weighted by atomic mass is 10.0. The molecule has 112 valence electrons. The third-order valence-electron chi connectivity index (χ3n) is 3.05. The number of aliphatic hydroxyl groups is 1. The van der Waals surface area contributed by atoms with Crippen LogP contribution in [0.4, 0.5) is 4.79 Å². The second-order valence-electron chi connectivity index (χ2n) is 5.73. The van der Waals surface area contributed by atoms with Gasteiger partial charge in [-0.15, -0.1) is 0 Å². The van der Waals surface area contributed by atoms with Crippen molar-refractivity contribution in [2.75, 3.05) is 13.6 Å². The van der Waals surface area contributed by atoms with Crippen LogP contribution in [0.1, 0.15) is 38.7 Å². The predicted molar refractivity (Wildman–Crippen MR) is 79.4 cm³/mol. The molecule has 0 aliphatic carbocycles. The molecule has 1 rings (SSSR count). The van der Waals surface area contributed by atoms with Gasteiger partial charge in [0.05, 0.1) is 5.60 Å². The van der Waals surface area contributed by atoms with Crippen LogP contribution in [0, 0.1) is 0 Å². The fraction of sp³-hybridized carbons (Fsp3) is 0.562. The summed E-state index contributed by atoms with van der Waals surface area (Å²) in [6, 6.07) is 9.63. The maximum atomic E-state index is 11.8. The molecule has 0 radical (unpaired) electrons. The van der Waals surface area contributed by atoms with Gasteiger partial charge < -0.3 is 14.7 Å². The number of rotatable bonds is 7. The molecule has 0 spiro atoms. The number of hydrogen-bond acceptors (Lipinski definition) is 3. The highest BCUT2D eigenvalue weighted by Gasteiger charge is 2.13. The second-order valence-corrected chi connectivity index (χ2v) is 5.73. The van der Waals surface area contributed by atoms with Gasteiger partial charge in [0.15, 0.2) is 0 Å². The van der Waals surface area contributed by atoms with Gasteiger partial charge in [0.25, 0.3) is 0 Å². The molecular formula is C16H25NO3. The van der Waals surface area contributed by atoms with Gasteiger partial charge in [-0.2, -0.15) is 0 Å². The molecule has 0 heterocycles. The first kappa shape index (κ1) is 16.5. The largest absolute Gasteiger partial charge is 0.445 e. The molecule has 4 heteroatoms. The summed E-state index contributed by atoms with van der Waals surface area (Å²) in [6.45, 7) is 4.53. The third-order valence-corrected chi connectivity index (χ3v) is 3.05. The van der Waals surface area contributed by atoms with E-state index in [0.29, 0.717) is 13.2 Å². The van der Waals surface area contributed by atoms with Crippen molar-refractivity contribution in [1.82, 2.24) is 4.90 Å². The molecule has 0 saturated carbocycles. The maximum Gasteiger partial charge on any atom is 0.409 e. The van der Waals surface area contributed by atoms with Crippen molar-refractivity contribution >= 4 is 6.09 Å². The van der Waals surface area contributed by atoms with Gasteiger partial charge in [-0.3, -0.25) is 0 Å². The molecule has 0 aromatic heterocycles. The maximum absolute atomic E-state index is 11.8. The molecule has 1 N–H and O–H groups in total. The third kappa shape index (κ3) is 7.14. The Morgan fingerprint density at radius 3 is 2.50 bits per heavy atom. The van der Waals surface area contributed by atoms with Crippen LogP contribution < -0.4 is 0 Å². The number of benzene rings is 1. The normalized spacial score (nSPS) is 11.2. The zero-order chi connectivity index (χ0) is 15.0. The van der Waals surface area contributed by atoms with Gasteiger partial charge in [-0.25, -0.2) is 4.79 Å². The lowest BCUT2D eigenvalue weighted by molar-refractivity contribution is 0.0668. The molecule has 0 unspecified atom stereocenters. The summed E-state index contributed by atoms with van der Waals surface area (Å²) in [4.78, 5) is 13.3. The number of carbonyl (C=O) groups is 1. The number of ether oxygens (including phenoxy) is 1. The average Bonchev–Trinajstić information content (AvgIpc) is 2.40. The Labute approximate surface area is 121 Å². The van der Waals surface area contributed by atoms with Gasteiger partial charge in [-0.1, -0.05) is 30.3 Å². The molecule has 0 fully saturated rings. The fourth-order valence-corrected chi connectivity index (χ4v) is 1.83. The van der Waals surface area contributed by atoms with Crippen molar-refractivity contribution in [3.05, 3.63) is 35.9 Å². The van der Waals surface area contributed by atoms with Gasteiger partial charge >= 0.3 is 6.09 Å². The number of unbranched alkanes of at least 4 members (excludes halogenated alkanes) is 1. The topological polar surface area (TPSA) is 49.8 Å². The minimum Gasteiger partial charge on any atom is -0.445 e. The summed E-state index contributed by atoms with van der Waals surface area (Å²) in [6.07, 6.45) is 2.18. The zero-order valence-corrected chi connectivity index (χ0v) is 12.6. The Hall–Kier alpha value is -1.55. The Kier molecular flexibility index (Phi) is 6.52. The highest BCUT2D eigenvalue weighted by atomic mass is 16.6. The molecule has 1 aromatic rings. The monoisotopic (exact) mass is 279 g/mol. The Balaban J connectivity index is 2.19. The van der Waals surface area contributed by atoms with Crippen molar-refractivity contribution in [3.8, 4) is 0 Å². The van der Waals surface area contributed by atoms with Crippen LogP contribution in [0.2, 0.25) is 0 Å². The average molecular weight is 279 g/mol. The molecule has 1 amide bonds. The molecule has 0 saturated heterocycles. The molecule has 0 atom stereocenters. The molecule has 4 nitrogen and oxygen atoms in total. The summed E-state index contributed by atoms with van der Waals surface area (Å²) in [5.74, 6) is 0. The van der Waals surface area contributed by atoms with Crippen LogP contribution in [0.25, 0.3) is 0 Å². The summed E-state index contributed by atoms with van der Waals surface area (Å²) < 4.78 is 5.23. The fourth-order valence-electron chi connectivity index (χ4n) is 1.83. The number of nitrogens with zero attached hydrogens (tertiary/aromatic N) is 1. The first-order valence-electron chi connectivity index (χ1n) is 7.03. The Morgan fingerprint density at radius 1 is 1.25 bits per heavy atom. The van der Waals surface area contributed by atoms with Crippen LogP contribution in [-0.2, 0) is 11.3 Å². The quantitative estimate of drug-likeness (QED) is 0.780. The minimum atomic E-state index is -0.633. The molecular weight excluding hydrogens is 254 g/mol. The lowest BCUT2D eigenvalue weighted by Gasteiger charge is -2.19. The van der Waals surface area contributed by atoms with Crippen LogP contribution in [0.5, 0.6) is 0 Å². The van der Waals surface area contributed by atoms with Gasteiger partial charge in [0, 0.05) is 13.6 Å². The van der Waals surface area contributed by atoms with Crippen LogP contribution >= 0.6 is 0 Å². The van der Waals surface area contributed by atoms with Gasteiger partial charge in [0.1, 0.15) is 6.61 Å². The van der Waals surface area contributed by atoms with E-state index in [4.69, 9.17) is 4.74 Å². The zero-order valence-electron chi connectivity index (χ0n) is 12.6. The van der Waals surface area contributed by atoms with Gasteiger partial charge in [0.2, 0.25) is 0 Å². The van der Waals surface area contributed by atoms with E-state index in [9.17, 15) is 9.90 Å². The van der Waals surface area contributed by atoms with E-state index in [1.807, 2.05) is 30.3 Å². The van der Waals surface area contributed by atoms with Crippen molar-refractivity contribution in [3.63, 3.8) is 0 Å². The highest BCUT2D eigenvalue weighted by Crippen LogP contribution is 2.12. The summed E-state index contributed by atoms with van der Waals surface area (Å²) in [5.41, 5.74) is 0.350. The predicted octanol–water partition coefficient (Wildman–Crippen LogP) is 3.20. The molecule has 1 aromatic carbocycles. The summed E-state index contributed by atoms with van der Waals surface area (Å²) >= 11 is 0. The number of hydrogen-bond donors (Lipinski definition) is 1. The van der Waals surface area contributed by atoms with E-state index >= 15 is 0 Å². The first-order valence-corrected chi connectivity index (χ1v) is 7.03. The number of carbonyl (C=O) groups excluding carboxylic acids is 1. The van der Waals surface area contributed by atoms with E-state index in [0.717, 1.165) is 24.8 Å².